The van der Waals surface area contributed by atoms with Gasteiger partial charge in [-0.15, -0.1) is 11.3 Å². The fourth-order valence-electron chi connectivity index (χ4n) is 2.03. The maximum Gasteiger partial charge on any atom is 0.125 e. The first-order chi connectivity index (χ1) is 9.26. The summed E-state index contributed by atoms with van der Waals surface area (Å²) < 4.78 is 0. The Morgan fingerprint density at radius 1 is 1.21 bits per heavy atom. The summed E-state index contributed by atoms with van der Waals surface area (Å²) in [5.74, 6) is 0. The monoisotopic (exact) mass is 294 g/mol. The molecule has 0 radical (unpaired) electrons. The Balaban J connectivity index is 2.22. The van der Waals surface area contributed by atoms with Crippen LogP contribution in [0.25, 0.3) is 10.6 Å². The van der Waals surface area contributed by atoms with Crippen molar-refractivity contribution in [3.8, 4) is 10.6 Å². The van der Waals surface area contributed by atoms with Gasteiger partial charge in [-0.2, -0.15) is 11.3 Å². The van der Waals surface area contributed by atoms with E-state index in [1.165, 1.54) is 33.1 Å². The molecule has 1 N–H and O–H groups in total. The molecule has 0 aliphatic rings. The third-order valence-electron chi connectivity index (χ3n) is 3.06. The highest BCUT2D eigenvalue weighted by atomic mass is 32.1. The van der Waals surface area contributed by atoms with Gasteiger partial charge in [0.15, 0.2) is 0 Å². The van der Waals surface area contributed by atoms with E-state index in [4.69, 9.17) is 4.98 Å². The number of aryl methyl sites for hydroxylation is 2. The van der Waals surface area contributed by atoms with Crippen molar-refractivity contribution >= 4 is 22.7 Å². The molecular weight excluding hydrogens is 272 g/mol. The van der Waals surface area contributed by atoms with E-state index in [1.807, 2.05) is 11.3 Å². The SMILES string of the molecule is CCCNCc1sc(-c2cscc2C)nc1CCC. The van der Waals surface area contributed by atoms with Crippen LogP contribution in [0.15, 0.2) is 10.8 Å². The molecule has 0 saturated carbocycles. The molecule has 19 heavy (non-hydrogen) atoms. The second kappa shape index (κ2) is 7.17. The number of thiophene rings is 1. The molecule has 2 heterocycles. The lowest BCUT2D eigenvalue weighted by atomic mass is 10.2. The molecule has 0 bridgehead atoms. The maximum atomic E-state index is 4.87. The molecular formula is C15H22N2S2. The van der Waals surface area contributed by atoms with Crippen LogP contribution >= 0.6 is 22.7 Å². The van der Waals surface area contributed by atoms with E-state index >= 15 is 0 Å². The Labute approximate surface area is 123 Å². The zero-order chi connectivity index (χ0) is 13.7. The summed E-state index contributed by atoms with van der Waals surface area (Å²) in [4.78, 5) is 6.28. The predicted molar refractivity (Wildman–Crippen MR) is 86.2 cm³/mol. The average Bonchev–Trinajstić information content (AvgIpc) is 2.97. The van der Waals surface area contributed by atoms with Gasteiger partial charge >= 0.3 is 0 Å². The highest BCUT2D eigenvalue weighted by molar-refractivity contribution is 7.15. The van der Waals surface area contributed by atoms with Crippen LogP contribution in [0.1, 0.15) is 42.8 Å². The summed E-state index contributed by atoms with van der Waals surface area (Å²) in [5, 5.41) is 9.10. The lowest BCUT2D eigenvalue weighted by Crippen LogP contribution is -2.13. The highest BCUT2D eigenvalue weighted by Gasteiger charge is 2.13. The molecule has 2 nitrogen and oxygen atoms in total. The van der Waals surface area contributed by atoms with E-state index in [-0.39, 0.29) is 0 Å². The Morgan fingerprint density at radius 2 is 2.05 bits per heavy atom. The molecule has 2 aromatic heterocycles. The third-order valence-corrected chi connectivity index (χ3v) is 5.06. The minimum atomic E-state index is 0.962. The smallest absolute Gasteiger partial charge is 0.125 e. The van der Waals surface area contributed by atoms with Crippen molar-refractivity contribution in [2.24, 2.45) is 0 Å². The van der Waals surface area contributed by atoms with Crippen molar-refractivity contribution in [2.45, 2.75) is 46.6 Å². The maximum absolute atomic E-state index is 4.87. The predicted octanol–water partition coefficient (Wildman–Crippen LogP) is 4.63. The van der Waals surface area contributed by atoms with Crippen LogP contribution in [-0.4, -0.2) is 11.5 Å². The Hall–Kier alpha value is -0.710. The van der Waals surface area contributed by atoms with Gasteiger partial charge in [-0.3, -0.25) is 0 Å². The van der Waals surface area contributed by atoms with E-state index in [0.717, 1.165) is 25.9 Å². The molecule has 0 saturated heterocycles. The van der Waals surface area contributed by atoms with Crippen molar-refractivity contribution < 1.29 is 0 Å². The van der Waals surface area contributed by atoms with Gasteiger partial charge in [0.1, 0.15) is 5.01 Å². The van der Waals surface area contributed by atoms with E-state index in [0.29, 0.717) is 0 Å². The quantitative estimate of drug-likeness (QED) is 0.753. The standard InChI is InChI=1S/C15H22N2S2/c1-4-6-13-14(8-16-7-5-2)19-15(17-13)12-10-18-9-11(12)3/h9-10,16H,4-8H2,1-3H3. The van der Waals surface area contributed by atoms with Crippen molar-refractivity contribution in [1.29, 1.82) is 0 Å². The van der Waals surface area contributed by atoms with Gasteiger partial charge in [0, 0.05) is 22.4 Å². The van der Waals surface area contributed by atoms with Gasteiger partial charge in [0.2, 0.25) is 0 Å². The number of nitrogens with zero attached hydrogens (tertiary/aromatic N) is 1. The number of aromatic nitrogens is 1. The first-order valence-electron chi connectivity index (χ1n) is 6.98. The molecule has 0 unspecified atom stereocenters. The van der Waals surface area contributed by atoms with Crippen molar-refractivity contribution in [3.05, 3.63) is 26.9 Å². The van der Waals surface area contributed by atoms with Crippen LogP contribution in [0.3, 0.4) is 0 Å². The molecule has 104 valence electrons. The van der Waals surface area contributed by atoms with Crippen LogP contribution in [0, 0.1) is 6.92 Å². The number of hydrogen-bond donors (Lipinski definition) is 1. The van der Waals surface area contributed by atoms with Crippen LogP contribution in [0.5, 0.6) is 0 Å². The highest BCUT2D eigenvalue weighted by Crippen LogP contribution is 2.32. The van der Waals surface area contributed by atoms with Crippen molar-refractivity contribution in [1.82, 2.24) is 10.3 Å². The molecule has 0 amide bonds. The van der Waals surface area contributed by atoms with E-state index in [2.05, 4.69) is 36.8 Å². The third kappa shape index (κ3) is 3.65. The number of hydrogen-bond acceptors (Lipinski definition) is 4. The van der Waals surface area contributed by atoms with E-state index in [1.54, 1.807) is 11.3 Å². The molecule has 0 aliphatic heterocycles. The molecule has 0 aromatic carbocycles. The van der Waals surface area contributed by atoms with Gasteiger partial charge in [0.05, 0.1) is 5.69 Å². The molecule has 0 atom stereocenters. The Bertz CT molecular complexity index is 514. The normalized spacial score (nSPS) is 11.1. The van der Waals surface area contributed by atoms with Gasteiger partial charge in [-0.1, -0.05) is 20.3 Å². The van der Waals surface area contributed by atoms with Crippen LogP contribution in [-0.2, 0) is 13.0 Å². The number of rotatable bonds is 7. The largest absolute Gasteiger partial charge is 0.312 e. The van der Waals surface area contributed by atoms with Gasteiger partial charge in [0.25, 0.3) is 0 Å². The summed E-state index contributed by atoms with van der Waals surface area (Å²) in [6.07, 6.45) is 3.42. The molecule has 0 spiro atoms. The molecule has 0 fully saturated rings. The van der Waals surface area contributed by atoms with Crippen molar-refractivity contribution in [3.63, 3.8) is 0 Å². The first-order valence-corrected chi connectivity index (χ1v) is 8.74. The summed E-state index contributed by atoms with van der Waals surface area (Å²) in [6.45, 7) is 8.63. The Kier molecular flexibility index (Phi) is 5.55. The fourth-order valence-corrected chi connectivity index (χ4v) is 4.09. The summed E-state index contributed by atoms with van der Waals surface area (Å²) >= 11 is 3.62. The van der Waals surface area contributed by atoms with Crippen molar-refractivity contribution in [2.75, 3.05) is 6.54 Å². The topological polar surface area (TPSA) is 24.9 Å². The summed E-state index contributed by atoms with van der Waals surface area (Å²) in [6, 6.07) is 0. The zero-order valence-corrected chi connectivity index (χ0v) is 13.6. The number of thiazole rings is 1. The van der Waals surface area contributed by atoms with Gasteiger partial charge < -0.3 is 5.32 Å². The fraction of sp³-hybridized carbons (Fsp3) is 0.533. The first kappa shape index (κ1) is 14.7. The lowest BCUT2D eigenvalue weighted by Gasteiger charge is -2.02. The van der Waals surface area contributed by atoms with E-state index < -0.39 is 0 Å². The minimum absolute atomic E-state index is 0.962. The zero-order valence-electron chi connectivity index (χ0n) is 12.0. The minimum Gasteiger partial charge on any atom is -0.312 e. The molecule has 2 rings (SSSR count). The molecule has 2 aromatic rings. The van der Waals surface area contributed by atoms with Crippen LogP contribution < -0.4 is 5.32 Å². The second-order valence-electron chi connectivity index (χ2n) is 4.78. The summed E-state index contributed by atoms with van der Waals surface area (Å²) in [7, 11) is 0. The average molecular weight is 294 g/mol. The molecule has 4 heteroatoms. The van der Waals surface area contributed by atoms with Gasteiger partial charge in [-0.25, -0.2) is 4.98 Å². The second-order valence-corrected chi connectivity index (χ2v) is 6.61. The lowest BCUT2D eigenvalue weighted by molar-refractivity contribution is 0.674. The van der Waals surface area contributed by atoms with Crippen LogP contribution in [0.2, 0.25) is 0 Å². The Morgan fingerprint density at radius 3 is 2.68 bits per heavy atom. The number of nitrogens with one attached hydrogen (secondary N) is 1. The van der Waals surface area contributed by atoms with Crippen LogP contribution in [0.4, 0.5) is 0 Å². The van der Waals surface area contributed by atoms with E-state index in [9.17, 15) is 0 Å². The molecule has 0 aliphatic carbocycles. The summed E-state index contributed by atoms with van der Waals surface area (Å²) in [5.41, 5.74) is 3.95. The van der Waals surface area contributed by atoms with Gasteiger partial charge in [-0.05, 0) is 37.3 Å².